The number of rotatable bonds is 3. The first-order chi connectivity index (χ1) is 11.6. The monoisotopic (exact) mass is 340 g/mol. The zero-order chi connectivity index (χ0) is 16.7. The van der Waals surface area contributed by atoms with E-state index in [4.69, 9.17) is 16.0 Å². The summed E-state index contributed by atoms with van der Waals surface area (Å²) in [5, 5.41) is 3.67. The van der Waals surface area contributed by atoms with Gasteiger partial charge in [0.15, 0.2) is 0 Å². The van der Waals surface area contributed by atoms with Crippen LogP contribution in [0.4, 0.5) is 5.69 Å². The lowest BCUT2D eigenvalue weighted by Crippen LogP contribution is -2.13. The molecule has 3 aromatic rings. The molecule has 1 saturated carbocycles. The first kappa shape index (κ1) is 14.9. The van der Waals surface area contributed by atoms with Crippen LogP contribution in [0, 0.1) is 5.92 Å². The third-order valence-electron chi connectivity index (χ3n) is 3.94. The highest BCUT2D eigenvalue weighted by atomic mass is 35.5. The molecule has 1 amide bonds. The molecule has 1 N–H and O–H groups in total. The van der Waals surface area contributed by atoms with Gasteiger partial charge >= 0.3 is 5.63 Å². The molecule has 0 saturated heterocycles. The van der Waals surface area contributed by atoms with E-state index in [0.29, 0.717) is 27.2 Å². The van der Waals surface area contributed by atoms with Crippen LogP contribution in [0.3, 0.4) is 0 Å². The minimum absolute atomic E-state index is 0.0509. The van der Waals surface area contributed by atoms with E-state index >= 15 is 0 Å². The Kier molecular flexibility index (Phi) is 3.58. The summed E-state index contributed by atoms with van der Waals surface area (Å²) in [6, 6.07) is 12.0. The van der Waals surface area contributed by atoms with Crippen molar-refractivity contribution in [3.05, 3.63) is 57.9 Å². The molecule has 0 unspecified atom stereocenters. The molecule has 0 bridgehead atoms. The quantitative estimate of drug-likeness (QED) is 0.785. The van der Waals surface area contributed by atoms with E-state index in [2.05, 4.69) is 10.3 Å². The number of carbonyl (C=O) groups is 1. The summed E-state index contributed by atoms with van der Waals surface area (Å²) in [6.07, 6.45) is 1.92. The van der Waals surface area contributed by atoms with E-state index in [-0.39, 0.29) is 17.7 Å². The van der Waals surface area contributed by atoms with Gasteiger partial charge in [0.1, 0.15) is 0 Å². The zero-order valence-electron chi connectivity index (χ0n) is 12.6. The van der Waals surface area contributed by atoms with Gasteiger partial charge in [-0.05, 0) is 55.3 Å². The van der Waals surface area contributed by atoms with Gasteiger partial charge in [-0.1, -0.05) is 11.6 Å². The van der Waals surface area contributed by atoms with Crippen molar-refractivity contribution in [3.8, 4) is 11.5 Å². The van der Waals surface area contributed by atoms with Gasteiger partial charge in [0.25, 0.3) is 0 Å². The molecule has 2 aromatic carbocycles. The number of aromatic nitrogens is 1. The van der Waals surface area contributed by atoms with Crippen molar-refractivity contribution in [1.29, 1.82) is 0 Å². The van der Waals surface area contributed by atoms with Gasteiger partial charge in [-0.3, -0.25) is 4.79 Å². The summed E-state index contributed by atoms with van der Waals surface area (Å²) >= 11 is 5.89. The smallest absolute Gasteiger partial charge is 0.347 e. The first-order valence-electron chi connectivity index (χ1n) is 7.62. The van der Waals surface area contributed by atoms with Gasteiger partial charge in [0, 0.05) is 22.2 Å². The number of amides is 1. The summed E-state index contributed by atoms with van der Waals surface area (Å²) in [6.45, 7) is 0. The lowest BCUT2D eigenvalue weighted by Gasteiger charge is -2.06. The van der Waals surface area contributed by atoms with Crippen LogP contribution in [0.25, 0.3) is 22.4 Å². The van der Waals surface area contributed by atoms with Crippen LogP contribution >= 0.6 is 11.6 Å². The van der Waals surface area contributed by atoms with Gasteiger partial charge in [0.05, 0.1) is 10.9 Å². The van der Waals surface area contributed by atoms with E-state index in [1.807, 2.05) is 0 Å². The third kappa shape index (κ3) is 2.90. The topological polar surface area (TPSA) is 72.2 Å². The van der Waals surface area contributed by atoms with Gasteiger partial charge in [-0.15, -0.1) is 0 Å². The van der Waals surface area contributed by atoms with Crippen LogP contribution in [0.2, 0.25) is 5.02 Å². The Bertz CT molecular complexity index is 991. The molecule has 120 valence electrons. The van der Waals surface area contributed by atoms with Crippen molar-refractivity contribution in [2.45, 2.75) is 12.8 Å². The molecule has 0 radical (unpaired) electrons. The number of nitrogens with one attached hydrogen (secondary N) is 1. The van der Waals surface area contributed by atoms with Crippen molar-refractivity contribution in [2.75, 3.05) is 5.32 Å². The van der Waals surface area contributed by atoms with Gasteiger partial charge < -0.3 is 9.73 Å². The maximum atomic E-state index is 12.1. The van der Waals surface area contributed by atoms with Crippen LogP contribution in [0.5, 0.6) is 0 Å². The minimum atomic E-state index is -0.483. The van der Waals surface area contributed by atoms with Crippen LogP contribution in [-0.2, 0) is 4.79 Å². The molecule has 5 nitrogen and oxygen atoms in total. The standard InChI is InChI=1S/C18H13ClN2O3/c19-12-5-8-15-14(9-12)18(23)24-17(21-15)11-3-6-13(7-4-11)20-16(22)10-1-2-10/h3-10H,1-2H2,(H,20,22). The predicted octanol–water partition coefficient (Wildman–Crippen LogP) is 3.86. The fourth-order valence-corrected chi connectivity index (χ4v) is 2.63. The maximum absolute atomic E-state index is 12.1. The molecule has 24 heavy (non-hydrogen) atoms. The summed E-state index contributed by atoms with van der Waals surface area (Å²) in [5.74, 6) is 0.432. The normalized spacial score (nSPS) is 13.9. The largest absolute Gasteiger partial charge is 0.403 e. The summed E-state index contributed by atoms with van der Waals surface area (Å²) in [4.78, 5) is 28.2. The van der Waals surface area contributed by atoms with Crippen molar-refractivity contribution >= 4 is 34.1 Å². The number of hydrogen-bond acceptors (Lipinski definition) is 4. The summed E-state index contributed by atoms with van der Waals surface area (Å²) in [5.41, 5.74) is 1.42. The number of fused-ring (bicyclic) bond motifs is 1. The highest BCUT2D eigenvalue weighted by molar-refractivity contribution is 6.31. The van der Waals surface area contributed by atoms with E-state index in [1.54, 1.807) is 36.4 Å². The zero-order valence-corrected chi connectivity index (χ0v) is 13.3. The maximum Gasteiger partial charge on any atom is 0.347 e. The van der Waals surface area contributed by atoms with Crippen LogP contribution in [0.15, 0.2) is 51.7 Å². The molecule has 6 heteroatoms. The first-order valence-corrected chi connectivity index (χ1v) is 8.00. The summed E-state index contributed by atoms with van der Waals surface area (Å²) < 4.78 is 5.29. The Hall–Kier alpha value is -2.66. The van der Waals surface area contributed by atoms with Gasteiger partial charge in [-0.25, -0.2) is 9.78 Å². The molecule has 1 heterocycles. The summed E-state index contributed by atoms with van der Waals surface area (Å²) in [7, 11) is 0. The van der Waals surface area contributed by atoms with E-state index in [0.717, 1.165) is 12.8 Å². The number of nitrogens with zero attached hydrogens (tertiary/aromatic N) is 1. The Morgan fingerprint density at radius 2 is 1.92 bits per heavy atom. The van der Waals surface area contributed by atoms with Crippen molar-refractivity contribution < 1.29 is 9.21 Å². The van der Waals surface area contributed by atoms with Gasteiger partial charge in [0.2, 0.25) is 11.8 Å². The van der Waals surface area contributed by atoms with E-state index in [1.165, 1.54) is 6.07 Å². The van der Waals surface area contributed by atoms with Crippen molar-refractivity contribution in [1.82, 2.24) is 4.98 Å². The highest BCUT2D eigenvalue weighted by Gasteiger charge is 2.29. The van der Waals surface area contributed by atoms with E-state index in [9.17, 15) is 9.59 Å². The number of benzene rings is 2. The number of halogens is 1. The lowest BCUT2D eigenvalue weighted by molar-refractivity contribution is -0.117. The van der Waals surface area contributed by atoms with Crippen LogP contribution in [0.1, 0.15) is 12.8 Å². The Labute approximate surface area is 142 Å². The lowest BCUT2D eigenvalue weighted by atomic mass is 10.2. The Morgan fingerprint density at radius 3 is 2.62 bits per heavy atom. The molecule has 1 aliphatic carbocycles. The fraction of sp³-hybridized carbons (Fsp3) is 0.167. The average Bonchev–Trinajstić information content (AvgIpc) is 3.41. The predicted molar refractivity (Wildman–Crippen MR) is 92.1 cm³/mol. The third-order valence-corrected chi connectivity index (χ3v) is 4.17. The molecule has 1 aliphatic rings. The highest BCUT2D eigenvalue weighted by Crippen LogP contribution is 2.30. The number of anilines is 1. The fourth-order valence-electron chi connectivity index (χ4n) is 2.45. The van der Waals surface area contributed by atoms with Gasteiger partial charge in [-0.2, -0.15) is 0 Å². The second kappa shape index (κ2) is 5.76. The average molecular weight is 341 g/mol. The Morgan fingerprint density at radius 1 is 1.17 bits per heavy atom. The number of carbonyl (C=O) groups excluding carboxylic acids is 1. The molecule has 1 aromatic heterocycles. The SMILES string of the molecule is O=C(Nc1ccc(-c2nc3ccc(Cl)cc3c(=O)o2)cc1)C1CC1. The molecular formula is C18H13ClN2O3. The second-order valence-electron chi connectivity index (χ2n) is 5.81. The molecule has 1 fully saturated rings. The molecule has 0 aliphatic heterocycles. The van der Waals surface area contributed by atoms with Crippen molar-refractivity contribution in [3.63, 3.8) is 0 Å². The van der Waals surface area contributed by atoms with Crippen LogP contribution < -0.4 is 10.9 Å². The second-order valence-corrected chi connectivity index (χ2v) is 6.25. The Balaban J connectivity index is 1.65. The van der Waals surface area contributed by atoms with Crippen molar-refractivity contribution in [2.24, 2.45) is 5.92 Å². The van der Waals surface area contributed by atoms with E-state index < -0.39 is 5.63 Å². The molecular weight excluding hydrogens is 328 g/mol. The molecule has 4 rings (SSSR count). The molecule has 0 spiro atoms. The minimum Gasteiger partial charge on any atom is -0.403 e. The molecule has 0 atom stereocenters. The van der Waals surface area contributed by atoms with Crippen LogP contribution in [-0.4, -0.2) is 10.9 Å². The number of hydrogen-bond donors (Lipinski definition) is 1.